The molecule has 12 heavy (non-hydrogen) atoms. The van der Waals surface area contributed by atoms with Gasteiger partial charge in [0.2, 0.25) is 0 Å². The fourth-order valence-corrected chi connectivity index (χ4v) is 1.57. The van der Waals surface area contributed by atoms with Crippen LogP contribution in [0.1, 0.15) is 24.5 Å². The Bertz CT molecular complexity index is 253. The monoisotopic (exact) mass is 167 g/mol. The van der Waals surface area contributed by atoms with Gasteiger partial charge < -0.3 is 10.5 Å². The summed E-state index contributed by atoms with van der Waals surface area (Å²) in [4.78, 5) is 0. The summed E-state index contributed by atoms with van der Waals surface area (Å²) in [6.07, 6.45) is 2.14. The Kier molecular flexibility index (Phi) is 1.99. The molecule has 1 saturated heterocycles. The topological polar surface area (TPSA) is 63.9 Å². The van der Waals surface area contributed by atoms with Gasteiger partial charge in [0.25, 0.3) is 0 Å². The van der Waals surface area contributed by atoms with E-state index in [2.05, 4.69) is 10.2 Å². The van der Waals surface area contributed by atoms with Crippen molar-refractivity contribution in [3.63, 3.8) is 0 Å². The van der Waals surface area contributed by atoms with E-state index < -0.39 is 0 Å². The summed E-state index contributed by atoms with van der Waals surface area (Å²) in [5, 5.41) is 6.85. The minimum absolute atomic E-state index is 0.559. The van der Waals surface area contributed by atoms with Crippen LogP contribution in [-0.4, -0.2) is 23.4 Å². The highest BCUT2D eigenvalue weighted by Crippen LogP contribution is 2.25. The van der Waals surface area contributed by atoms with Crippen LogP contribution in [0.15, 0.2) is 6.07 Å². The first-order chi connectivity index (χ1) is 5.86. The van der Waals surface area contributed by atoms with E-state index in [0.29, 0.717) is 11.7 Å². The van der Waals surface area contributed by atoms with Gasteiger partial charge in [-0.05, 0) is 12.8 Å². The highest BCUT2D eigenvalue weighted by atomic mass is 16.5. The van der Waals surface area contributed by atoms with Gasteiger partial charge >= 0.3 is 0 Å². The lowest BCUT2D eigenvalue weighted by Gasteiger charge is -2.20. The molecule has 66 valence electrons. The second-order valence-corrected chi connectivity index (χ2v) is 3.13. The van der Waals surface area contributed by atoms with E-state index in [-0.39, 0.29) is 0 Å². The van der Waals surface area contributed by atoms with Crippen molar-refractivity contribution in [1.29, 1.82) is 0 Å². The maximum atomic E-state index is 5.51. The number of rotatable bonds is 1. The van der Waals surface area contributed by atoms with Crippen molar-refractivity contribution in [2.24, 2.45) is 0 Å². The van der Waals surface area contributed by atoms with Crippen LogP contribution in [0.2, 0.25) is 0 Å². The third-order valence-corrected chi connectivity index (χ3v) is 2.28. The average molecular weight is 167 g/mol. The van der Waals surface area contributed by atoms with E-state index in [0.717, 1.165) is 31.7 Å². The Hall–Kier alpha value is -1.03. The number of ether oxygens (including phenoxy) is 1. The number of aromatic nitrogens is 2. The van der Waals surface area contributed by atoms with Crippen molar-refractivity contribution in [3.8, 4) is 0 Å². The molecule has 1 fully saturated rings. The summed E-state index contributed by atoms with van der Waals surface area (Å²) >= 11 is 0. The third-order valence-electron chi connectivity index (χ3n) is 2.28. The zero-order valence-corrected chi connectivity index (χ0v) is 6.92. The number of nitrogens with two attached hydrogens (primary N) is 1. The van der Waals surface area contributed by atoms with Crippen LogP contribution in [0.5, 0.6) is 0 Å². The van der Waals surface area contributed by atoms with Crippen molar-refractivity contribution < 1.29 is 4.74 Å². The molecule has 1 aromatic heterocycles. The molecule has 0 spiro atoms. The van der Waals surface area contributed by atoms with Gasteiger partial charge in [-0.3, -0.25) is 5.10 Å². The van der Waals surface area contributed by atoms with Gasteiger partial charge in [0, 0.05) is 30.9 Å². The highest BCUT2D eigenvalue weighted by molar-refractivity contribution is 5.30. The second kappa shape index (κ2) is 3.15. The number of hydrogen-bond acceptors (Lipinski definition) is 3. The Labute approximate surface area is 71.1 Å². The number of aromatic amines is 1. The lowest BCUT2D eigenvalue weighted by atomic mass is 9.97. The molecular weight excluding hydrogens is 154 g/mol. The molecule has 1 aromatic rings. The predicted molar refractivity (Wildman–Crippen MR) is 45.8 cm³/mol. The molecule has 1 aliphatic rings. The predicted octanol–water partition coefficient (Wildman–Crippen LogP) is 0.886. The highest BCUT2D eigenvalue weighted by Gasteiger charge is 2.17. The van der Waals surface area contributed by atoms with Gasteiger partial charge in [0.05, 0.1) is 0 Å². The quantitative estimate of drug-likeness (QED) is 0.652. The van der Waals surface area contributed by atoms with Crippen molar-refractivity contribution in [2.75, 3.05) is 18.9 Å². The zero-order valence-electron chi connectivity index (χ0n) is 6.92. The molecular formula is C8H13N3O. The number of nitrogens with zero attached hydrogens (tertiary/aromatic N) is 1. The molecule has 0 atom stereocenters. The van der Waals surface area contributed by atoms with Crippen molar-refractivity contribution in [2.45, 2.75) is 18.8 Å². The average Bonchev–Trinajstić information content (AvgIpc) is 2.54. The SMILES string of the molecule is Nc1cc(C2CCOCC2)[nH]n1. The Morgan fingerprint density at radius 2 is 2.25 bits per heavy atom. The number of nitrogens with one attached hydrogen (secondary N) is 1. The fourth-order valence-electron chi connectivity index (χ4n) is 1.57. The van der Waals surface area contributed by atoms with Gasteiger partial charge in [0.1, 0.15) is 5.82 Å². The molecule has 2 rings (SSSR count). The minimum atomic E-state index is 0.559. The molecule has 0 aromatic carbocycles. The molecule has 0 amide bonds. The van der Waals surface area contributed by atoms with Crippen molar-refractivity contribution in [1.82, 2.24) is 10.2 Å². The fraction of sp³-hybridized carbons (Fsp3) is 0.625. The van der Waals surface area contributed by atoms with E-state index in [1.54, 1.807) is 0 Å². The summed E-state index contributed by atoms with van der Waals surface area (Å²) in [5.74, 6) is 1.14. The molecule has 1 aliphatic heterocycles. The molecule has 4 heteroatoms. The molecule has 0 unspecified atom stereocenters. The normalized spacial score (nSPS) is 19.7. The molecule has 4 nitrogen and oxygen atoms in total. The Morgan fingerprint density at radius 1 is 1.50 bits per heavy atom. The zero-order chi connectivity index (χ0) is 8.39. The van der Waals surface area contributed by atoms with Crippen molar-refractivity contribution in [3.05, 3.63) is 11.8 Å². The van der Waals surface area contributed by atoms with Crippen LogP contribution >= 0.6 is 0 Å². The van der Waals surface area contributed by atoms with Crippen molar-refractivity contribution >= 4 is 5.82 Å². The van der Waals surface area contributed by atoms with Crippen LogP contribution in [0, 0.1) is 0 Å². The van der Waals surface area contributed by atoms with Gasteiger partial charge in [-0.1, -0.05) is 0 Å². The van der Waals surface area contributed by atoms with E-state index in [4.69, 9.17) is 10.5 Å². The summed E-state index contributed by atoms with van der Waals surface area (Å²) in [6.45, 7) is 1.70. The summed E-state index contributed by atoms with van der Waals surface area (Å²) < 4.78 is 5.26. The van der Waals surface area contributed by atoms with Gasteiger partial charge in [-0.2, -0.15) is 5.10 Å². The maximum Gasteiger partial charge on any atom is 0.145 e. The van der Waals surface area contributed by atoms with Crippen LogP contribution in [-0.2, 0) is 4.74 Å². The van der Waals surface area contributed by atoms with E-state index >= 15 is 0 Å². The lowest BCUT2D eigenvalue weighted by molar-refractivity contribution is 0.0845. The van der Waals surface area contributed by atoms with Crippen LogP contribution in [0.4, 0.5) is 5.82 Å². The smallest absolute Gasteiger partial charge is 0.145 e. The molecule has 2 heterocycles. The van der Waals surface area contributed by atoms with Crippen LogP contribution in [0.3, 0.4) is 0 Å². The maximum absolute atomic E-state index is 5.51. The standard InChI is InChI=1S/C8H13N3O/c9-8-5-7(10-11-8)6-1-3-12-4-2-6/h5-6H,1-4H2,(H3,9,10,11). The Balaban J connectivity index is 2.08. The molecule has 3 N–H and O–H groups in total. The first-order valence-corrected chi connectivity index (χ1v) is 4.25. The summed E-state index contributed by atoms with van der Waals surface area (Å²) in [7, 11) is 0. The third kappa shape index (κ3) is 1.43. The van der Waals surface area contributed by atoms with Crippen LogP contribution < -0.4 is 5.73 Å². The largest absolute Gasteiger partial charge is 0.382 e. The van der Waals surface area contributed by atoms with E-state index in [1.165, 1.54) is 0 Å². The Morgan fingerprint density at radius 3 is 2.83 bits per heavy atom. The first-order valence-electron chi connectivity index (χ1n) is 4.25. The minimum Gasteiger partial charge on any atom is -0.382 e. The van der Waals surface area contributed by atoms with Gasteiger partial charge in [-0.25, -0.2) is 0 Å². The molecule has 0 saturated carbocycles. The molecule has 0 radical (unpaired) electrons. The van der Waals surface area contributed by atoms with Gasteiger partial charge in [-0.15, -0.1) is 0 Å². The summed E-state index contributed by atoms with van der Waals surface area (Å²) in [6, 6.07) is 1.91. The number of H-pyrrole nitrogens is 1. The number of hydrogen-bond donors (Lipinski definition) is 2. The number of anilines is 1. The van der Waals surface area contributed by atoms with E-state index in [1.807, 2.05) is 6.07 Å². The summed E-state index contributed by atoms with van der Waals surface area (Å²) in [5.41, 5.74) is 6.66. The lowest BCUT2D eigenvalue weighted by Crippen LogP contribution is -2.14. The first kappa shape index (κ1) is 7.61. The second-order valence-electron chi connectivity index (χ2n) is 3.13. The van der Waals surface area contributed by atoms with E-state index in [9.17, 15) is 0 Å². The van der Waals surface area contributed by atoms with Gasteiger partial charge in [0.15, 0.2) is 0 Å². The molecule has 0 bridgehead atoms. The number of nitrogen functional groups attached to an aromatic ring is 1. The molecule has 0 aliphatic carbocycles. The van der Waals surface area contributed by atoms with Crippen LogP contribution in [0.25, 0.3) is 0 Å².